The lowest BCUT2D eigenvalue weighted by atomic mass is 10.0. The predicted molar refractivity (Wildman–Crippen MR) is 49.6 cm³/mol. The van der Waals surface area contributed by atoms with E-state index in [-0.39, 0.29) is 22.3 Å². The van der Waals surface area contributed by atoms with Crippen LogP contribution in [0.15, 0.2) is 12.1 Å². The van der Waals surface area contributed by atoms with Crippen molar-refractivity contribution in [3.8, 4) is 0 Å². The van der Waals surface area contributed by atoms with Gasteiger partial charge in [0, 0.05) is 16.7 Å². The van der Waals surface area contributed by atoms with Gasteiger partial charge in [-0.1, -0.05) is 0 Å². The molecular weight excluding hydrogens is 200 g/mol. The van der Waals surface area contributed by atoms with E-state index in [0.29, 0.717) is 18.9 Å². The van der Waals surface area contributed by atoms with E-state index in [4.69, 9.17) is 5.11 Å². The summed E-state index contributed by atoms with van der Waals surface area (Å²) >= 11 is 0. The Bertz CT molecular complexity index is 447. The van der Waals surface area contributed by atoms with Crippen LogP contribution in [-0.2, 0) is 0 Å². The molecule has 1 aromatic carbocycles. The zero-order valence-electron chi connectivity index (χ0n) is 7.47. The molecule has 5 heteroatoms. The fourth-order valence-electron chi connectivity index (χ4n) is 1.14. The van der Waals surface area contributed by atoms with E-state index in [9.17, 15) is 19.2 Å². The van der Waals surface area contributed by atoms with Gasteiger partial charge < -0.3 is 5.11 Å². The van der Waals surface area contributed by atoms with Crippen molar-refractivity contribution in [2.24, 2.45) is 0 Å². The summed E-state index contributed by atoms with van der Waals surface area (Å²) in [4.78, 5) is 42.3. The Morgan fingerprint density at radius 2 is 1.40 bits per heavy atom. The van der Waals surface area contributed by atoms with Gasteiger partial charge in [-0.3, -0.25) is 14.4 Å². The number of aldehydes is 3. The van der Waals surface area contributed by atoms with Gasteiger partial charge in [-0.15, -0.1) is 0 Å². The van der Waals surface area contributed by atoms with E-state index in [1.807, 2.05) is 0 Å². The molecule has 0 aromatic heterocycles. The fourth-order valence-corrected chi connectivity index (χ4v) is 1.14. The van der Waals surface area contributed by atoms with Crippen molar-refractivity contribution in [1.82, 2.24) is 0 Å². The molecular formula is C10H6O5. The van der Waals surface area contributed by atoms with Crippen molar-refractivity contribution < 1.29 is 24.3 Å². The van der Waals surface area contributed by atoms with E-state index < -0.39 is 5.97 Å². The first kappa shape index (κ1) is 10.8. The molecule has 0 heterocycles. The number of hydrogen-bond donors (Lipinski definition) is 1. The standard InChI is InChI=1S/C10H6O5/c11-3-6-1-8(5-13)9(10(14)15)2-7(6)4-12/h1-5H,(H,14,15). The first-order valence-electron chi connectivity index (χ1n) is 3.91. The van der Waals surface area contributed by atoms with Gasteiger partial charge >= 0.3 is 5.97 Å². The highest BCUT2D eigenvalue weighted by Gasteiger charge is 2.13. The first-order chi connectivity index (χ1) is 7.13. The van der Waals surface area contributed by atoms with Gasteiger partial charge in [0.05, 0.1) is 5.56 Å². The Labute approximate surface area is 84.3 Å². The lowest BCUT2D eigenvalue weighted by molar-refractivity contribution is 0.0693. The van der Waals surface area contributed by atoms with Gasteiger partial charge in [0.15, 0.2) is 18.9 Å². The Kier molecular flexibility index (Phi) is 3.07. The summed E-state index contributed by atoms with van der Waals surface area (Å²) in [7, 11) is 0. The van der Waals surface area contributed by atoms with Crippen LogP contribution in [0.2, 0.25) is 0 Å². The van der Waals surface area contributed by atoms with Crippen molar-refractivity contribution in [2.45, 2.75) is 0 Å². The Balaban J connectivity index is 3.53. The third-order valence-corrected chi connectivity index (χ3v) is 1.87. The molecule has 1 aromatic rings. The smallest absolute Gasteiger partial charge is 0.336 e. The Morgan fingerprint density at radius 3 is 1.80 bits per heavy atom. The van der Waals surface area contributed by atoms with Crippen molar-refractivity contribution in [3.63, 3.8) is 0 Å². The Hall–Kier alpha value is -2.30. The van der Waals surface area contributed by atoms with Gasteiger partial charge in [-0.2, -0.15) is 0 Å². The summed E-state index contributed by atoms with van der Waals surface area (Å²) in [6.45, 7) is 0. The topological polar surface area (TPSA) is 88.5 Å². The van der Waals surface area contributed by atoms with Gasteiger partial charge in [-0.25, -0.2) is 4.79 Å². The highest BCUT2D eigenvalue weighted by atomic mass is 16.4. The summed E-state index contributed by atoms with van der Waals surface area (Å²) in [5.74, 6) is -1.32. The normalized spacial score (nSPS) is 9.33. The minimum atomic E-state index is -1.32. The quantitative estimate of drug-likeness (QED) is 0.736. The number of rotatable bonds is 4. The second-order valence-corrected chi connectivity index (χ2v) is 2.73. The molecule has 15 heavy (non-hydrogen) atoms. The third-order valence-electron chi connectivity index (χ3n) is 1.87. The van der Waals surface area contributed by atoms with Crippen LogP contribution < -0.4 is 0 Å². The molecule has 0 spiro atoms. The molecule has 1 rings (SSSR count). The van der Waals surface area contributed by atoms with E-state index in [1.165, 1.54) is 0 Å². The van der Waals surface area contributed by atoms with Gasteiger partial charge in [-0.05, 0) is 12.1 Å². The number of benzene rings is 1. The summed E-state index contributed by atoms with van der Waals surface area (Å²) in [6, 6.07) is 2.08. The molecule has 0 aliphatic carbocycles. The molecule has 0 amide bonds. The molecule has 0 aliphatic rings. The number of hydrogen-bond acceptors (Lipinski definition) is 4. The molecule has 1 N–H and O–H groups in total. The second kappa shape index (κ2) is 4.28. The van der Waals surface area contributed by atoms with E-state index in [1.54, 1.807) is 0 Å². The monoisotopic (exact) mass is 206 g/mol. The zero-order valence-corrected chi connectivity index (χ0v) is 7.47. The van der Waals surface area contributed by atoms with Crippen LogP contribution in [0, 0.1) is 0 Å². The van der Waals surface area contributed by atoms with Crippen molar-refractivity contribution in [3.05, 3.63) is 34.4 Å². The molecule has 76 valence electrons. The van der Waals surface area contributed by atoms with Crippen LogP contribution in [0.5, 0.6) is 0 Å². The SMILES string of the molecule is O=Cc1cc(C=O)c(C(=O)O)cc1C=O. The maximum Gasteiger partial charge on any atom is 0.336 e. The van der Waals surface area contributed by atoms with Crippen LogP contribution >= 0.6 is 0 Å². The number of carboxylic acids is 1. The molecule has 0 saturated heterocycles. The molecule has 0 bridgehead atoms. The van der Waals surface area contributed by atoms with Crippen molar-refractivity contribution in [2.75, 3.05) is 0 Å². The largest absolute Gasteiger partial charge is 0.478 e. The van der Waals surface area contributed by atoms with Crippen molar-refractivity contribution in [1.29, 1.82) is 0 Å². The molecule has 5 nitrogen and oxygen atoms in total. The number of aromatic carboxylic acids is 1. The van der Waals surface area contributed by atoms with Crippen LogP contribution in [0.1, 0.15) is 41.4 Å². The summed E-state index contributed by atoms with van der Waals surface area (Å²) in [5, 5.41) is 8.72. The number of carboxylic acid groups (broad SMARTS) is 1. The van der Waals surface area contributed by atoms with Crippen LogP contribution in [0.25, 0.3) is 0 Å². The molecule has 0 saturated carbocycles. The van der Waals surface area contributed by atoms with Gasteiger partial charge in [0.1, 0.15) is 0 Å². The highest BCUT2D eigenvalue weighted by molar-refractivity contribution is 6.02. The summed E-state index contributed by atoms with van der Waals surface area (Å²) < 4.78 is 0. The van der Waals surface area contributed by atoms with Crippen molar-refractivity contribution >= 4 is 24.8 Å². The third kappa shape index (κ3) is 1.96. The minimum Gasteiger partial charge on any atom is -0.478 e. The second-order valence-electron chi connectivity index (χ2n) is 2.73. The molecule has 0 aliphatic heterocycles. The van der Waals surface area contributed by atoms with E-state index >= 15 is 0 Å². The first-order valence-corrected chi connectivity index (χ1v) is 3.91. The zero-order chi connectivity index (χ0) is 11.4. The lowest BCUT2D eigenvalue weighted by Crippen LogP contribution is -2.05. The van der Waals surface area contributed by atoms with E-state index in [0.717, 1.165) is 12.1 Å². The van der Waals surface area contributed by atoms with Crippen LogP contribution in [0.4, 0.5) is 0 Å². The average molecular weight is 206 g/mol. The minimum absolute atomic E-state index is 0.00269. The fraction of sp³-hybridized carbons (Fsp3) is 0. The molecule has 0 radical (unpaired) electrons. The lowest BCUT2D eigenvalue weighted by Gasteiger charge is -2.02. The van der Waals surface area contributed by atoms with Crippen LogP contribution in [0.3, 0.4) is 0 Å². The number of carbonyl (C=O) groups excluding carboxylic acids is 3. The predicted octanol–water partition coefficient (Wildman–Crippen LogP) is 0.822. The van der Waals surface area contributed by atoms with Gasteiger partial charge in [0.2, 0.25) is 0 Å². The average Bonchev–Trinajstić information content (AvgIpc) is 2.26. The maximum absolute atomic E-state index is 10.7. The summed E-state index contributed by atoms with van der Waals surface area (Å²) in [5.41, 5.74) is -0.474. The van der Waals surface area contributed by atoms with E-state index in [2.05, 4.69) is 0 Å². The highest BCUT2D eigenvalue weighted by Crippen LogP contribution is 2.13. The molecule has 0 atom stereocenters. The van der Waals surface area contributed by atoms with Crippen LogP contribution in [-0.4, -0.2) is 29.9 Å². The van der Waals surface area contributed by atoms with Gasteiger partial charge in [0.25, 0.3) is 0 Å². The summed E-state index contributed by atoms with van der Waals surface area (Å²) in [6.07, 6.45) is 1.08. The maximum atomic E-state index is 10.7. The molecule has 0 fully saturated rings. The Morgan fingerprint density at radius 1 is 0.933 bits per heavy atom. The number of carbonyl (C=O) groups is 4. The molecule has 0 unspecified atom stereocenters.